The van der Waals surface area contributed by atoms with Gasteiger partial charge in [-0.15, -0.1) is 0 Å². The van der Waals surface area contributed by atoms with Crippen LogP contribution in [0.5, 0.6) is 0 Å². The van der Waals surface area contributed by atoms with Crippen LogP contribution in [0.1, 0.15) is 24.2 Å². The average molecular weight is 379 g/mol. The minimum absolute atomic E-state index is 0.00425. The van der Waals surface area contributed by atoms with Crippen LogP contribution in [-0.2, 0) is 4.74 Å². The minimum Gasteiger partial charge on any atom is -0.463 e. The van der Waals surface area contributed by atoms with E-state index in [9.17, 15) is 4.79 Å². The highest BCUT2D eigenvalue weighted by molar-refractivity contribution is 6.07. The molecule has 1 aliphatic heterocycles. The molecule has 1 saturated heterocycles. The molecular formula is C22H25N3O3. The summed E-state index contributed by atoms with van der Waals surface area (Å²) in [6.45, 7) is 7.47. The number of morpholine rings is 1. The normalized spacial score (nSPS) is 17.4. The van der Waals surface area contributed by atoms with Crippen molar-refractivity contribution in [3.8, 4) is 11.5 Å². The maximum Gasteiger partial charge on any atom is 0.252 e. The van der Waals surface area contributed by atoms with E-state index < -0.39 is 0 Å². The summed E-state index contributed by atoms with van der Waals surface area (Å²) in [4.78, 5) is 20.2. The van der Waals surface area contributed by atoms with Crippen molar-refractivity contribution >= 4 is 16.8 Å². The molecule has 2 atom stereocenters. The summed E-state index contributed by atoms with van der Waals surface area (Å²) in [5, 5.41) is 4.01. The summed E-state index contributed by atoms with van der Waals surface area (Å²) >= 11 is 0. The third-order valence-corrected chi connectivity index (χ3v) is 5.44. The predicted octanol–water partition coefficient (Wildman–Crippen LogP) is 3.33. The first-order valence-corrected chi connectivity index (χ1v) is 9.70. The van der Waals surface area contributed by atoms with Crippen LogP contribution in [0.15, 0.2) is 53.1 Å². The van der Waals surface area contributed by atoms with E-state index in [1.807, 2.05) is 42.5 Å². The van der Waals surface area contributed by atoms with Gasteiger partial charge in [0.05, 0.1) is 30.6 Å². The molecule has 0 bridgehead atoms. The summed E-state index contributed by atoms with van der Waals surface area (Å²) in [5.41, 5.74) is 2.04. The first kappa shape index (κ1) is 18.7. The quantitative estimate of drug-likeness (QED) is 0.736. The number of amides is 1. The highest BCUT2D eigenvalue weighted by Gasteiger charge is 2.24. The summed E-state index contributed by atoms with van der Waals surface area (Å²) in [5.74, 6) is 0.550. The molecule has 1 N–H and O–H groups in total. The molecule has 4 rings (SSSR count). The van der Waals surface area contributed by atoms with Gasteiger partial charge >= 0.3 is 0 Å². The van der Waals surface area contributed by atoms with Crippen molar-refractivity contribution in [2.24, 2.45) is 0 Å². The van der Waals surface area contributed by atoms with Crippen molar-refractivity contribution in [1.82, 2.24) is 15.2 Å². The van der Waals surface area contributed by atoms with Gasteiger partial charge in [-0.05, 0) is 38.1 Å². The number of furan rings is 1. The lowest BCUT2D eigenvalue weighted by atomic mass is 10.0. The lowest BCUT2D eigenvalue weighted by molar-refractivity contribution is 0.0137. The second-order valence-electron chi connectivity index (χ2n) is 7.20. The number of benzene rings is 1. The predicted molar refractivity (Wildman–Crippen MR) is 108 cm³/mol. The number of hydrogen-bond donors (Lipinski definition) is 1. The van der Waals surface area contributed by atoms with Crippen LogP contribution in [0.3, 0.4) is 0 Å². The lowest BCUT2D eigenvalue weighted by Gasteiger charge is -2.35. The van der Waals surface area contributed by atoms with E-state index >= 15 is 0 Å². The molecule has 3 aromatic rings. The average Bonchev–Trinajstić information content (AvgIpc) is 3.28. The summed E-state index contributed by atoms with van der Waals surface area (Å²) in [6.07, 6.45) is 1.61. The van der Waals surface area contributed by atoms with E-state index in [-0.39, 0.29) is 18.0 Å². The lowest BCUT2D eigenvalue weighted by Crippen LogP contribution is -2.52. The summed E-state index contributed by atoms with van der Waals surface area (Å²) in [6, 6.07) is 13.4. The number of aromatic nitrogens is 1. The van der Waals surface area contributed by atoms with Gasteiger partial charge in [0.2, 0.25) is 0 Å². The van der Waals surface area contributed by atoms with Crippen molar-refractivity contribution < 1.29 is 13.9 Å². The topological polar surface area (TPSA) is 67.6 Å². The van der Waals surface area contributed by atoms with Crippen LogP contribution < -0.4 is 5.32 Å². The zero-order valence-corrected chi connectivity index (χ0v) is 16.2. The Hall–Kier alpha value is -2.70. The molecule has 1 amide bonds. The SMILES string of the molecule is CC(NC(=O)c1cc(-c2ccco2)nc2ccccc12)C(C)N1CCOCC1. The Labute approximate surface area is 164 Å². The molecule has 6 heteroatoms. The maximum absolute atomic E-state index is 13.2. The third-order valence-electron chi connectivity index (χ3n) is 5.44. The molecule has 3 heterocycles. The largest absolute Gasteiger partial charge is 0.463 e. The van der Waals surface area contributed by atoms with Crippen LogP contribution in [0, 0.1) is 0 Å². The number of carbonyl (C=O) groups excluding carboxylic acids is 1. The second kappa shape index (κ2) is 8.12. The zero-order valence-electron chi connectivity index (χ0n) is 16.2. The van der Waals surface area contributed by atoms with Gasteiger partial charge < -0.3 is 14.5 Å². The van der Waals surface area contributed by atoms with Crippen molar-refractivity contribution in [2.45, 2.75) is 25.9 Å². The van der Waals surface area contributed by atoms with Crippen molar-refractivity contribution in [3.63, 3.8) is 0 Å². The van der Waals surface area contributed by atoms with Crippen molar-refractivity contribution in [2.75, 3.05) is 26.3 Å². The molecule has 28 heavy (non-hydrogen) atoms. The smallest absolute Gasteiger partial charge is 0.252 e. The second-order valence-corrected chi connectivity index (χ2v) is 7.20. The van der Waals surface area contributed by atoms with Gasteiger partial charge in [-0.2, -0.15) is 0 Å². The fraction of sp³-hybridized carbons (Fsp3) is 0.364. The fourth-order valence-electron chi connectivity index (χ4n) is 3.62. The minimum atomic E-state index is -0.0981. The molecule has 1 aromatic carbocycles. The van der Waals surface area contributed by atoms with Crippen LogP contribution >= 0.6 is 0 Å². The monoisotopic (exact) mass is 379 g/mol. The number of para-hydroxylation sites is 1. The molecule has 0 aliphatic carbocycles. The highest BCUT2D eigenvalue weighted by atomic mass is 16.5. The molecular weight excluding hydrogens is 354 g/mol. The van der Waals surface area contributed by atoms with E-state index in [1.54, 1.807) is 6.26 Å². The Bertz CT molecular complexity index is 949. The van der Waals surface area contributed by atoms with Crippen LogP contribution in [0.25, 0.3) is 22.4 Å². The van der Waals surface area contributed by atoms with E-state index in [0.29, 0.717) is 17.0 Å². The number of pyridine rings is 1. The number of fused-ring (bicyclic) bond motifs is 1. The van der Waals surface area contributed by atoms with Crippen LogP contribution in [-0.4, -0.2) is 54.2 Å². The first-order valence-electron chi connectivity index (χ1n) is 9.70. The van der Waals surface area contributed by atoms with E-state index in [2.05, 4.69) is 29.0 Å². The highest BCUT2D eigenvalue weighted by Crippen LogP contribution is 2.25. The number of ether oxygens (including phenoxy) is 1. The Morgan fingerprint density at radius 3 is 2.68 bits per heavy atom. The third kappa shape index (κ3) is 3.79. The van der Waals surface area contributed by atoms with Gasteiger partial charge in [-0.1, -0.05) is 18.2 Å². The number of carbonyl (C=O) groups is 1. The van der Waals surface area contributed by atoms with E-state index in [1.165, 1.54) is 0 Å². The number of nitrogens with zero attached hydrogens (tertiary/aromatic N) is 2. The fourth-order valence-corrected chi connectivity index (χ4v) is 3.62. The van der Waals surface area contributed by atoms with Gasteiger partial charge in [0.25, 0.3) is 5.91 Å². The summed E-state index contributed by atoms with van der Waals surface area (Å²) in [7, 11) is 0. The summed E-state index contributed by atoms with van der Waals surface area (Å²) < 4.78 is 10.9. The Kier molecular flexibility index (Phi) is 5.41. The molecule has 1 aliphatic rings. The maximum atomic E-state index is 13.2. The van der Waals surface area contributed by atoms with E-state index in [4.69, 9.17) is 9.15 Å². The molecule has 0 spiro atoms. The Balaban J connectivity index is 1.61. The first-order chi connectivity index (χ1) is 13.6. The molecule has 6 nitrogen and oxygen atoms in total. The standard InChI is InChI=1S/C22H25N3O3/c1-15(16(2)25-9-12-27-13-10-25)23-22(26)18-14-20(21-8-5-11-28-21)24-19-7-4-3-6-17(18)19/h3-8,11,14-16H,9-10,12-13H2,1-2H3,(H,23,26). The Morgan fingerprint density at radius 2 is 1.93 bits per heavy atom. The number of hydrogen-bond acceptors (Lipinski definition) is 5. The number of rotatable bonds is 5. The van der Waals surface area contributed by atoms with Crippen molar-refractivity contribution in [3.05, 3.63) is 54.3 Å². The van der Waals surface area contributed by atoms with Gasteiger partial charge in [0.1, 0.15) is 5.69 Å². The van der Waals surface area contributed by atoms with Crippen LogP contribution in [0.2, 0.25) is 0 Å². The Morgan fingerprint density at radius 1 is 1.14 bits per heavy atom. The van der Waals surface area contributed by atoms with E-state index in [0.717, 1.165) is 37.2 Å². The molecule has 0 radical (unpaired) electrons. The molecule has 2 aromatic heterocycles. The molecule has 0 saturated carbocycles. The molecule has 2 unspecified atom stereocenters. The van der Waals surface area contributed by atoms with Gasteiger partial charge in [-0.25, -0.2) is 4.98 Å². The van der Waals surface area contributed by atoms with Gasteiger partial charge in [-0.3, -0.25) is 9.69 Å². The molecule has 146 valence electrons. The number of nitrogens with one attached hydrogen (secondary N) is 1. The molecule has 1 fully saturated rings. The van der Waals surface area contributed by atoms with Crippen LogP contribution in [0.4, 0.5) is 0 Å². The van der Waals surface area contributed by atoms with Gasteiger partial charge in [0, 0.05) is 30.6 Å². The van der Waals surface area contributed by atoms with Crippen molar-refractivity contribution in [1.29, 1.82) is 0 Å². The zero-order chi connectivity index (χ0) is 19.5. The van der Waals surface area contributed by atoms with Gasteiger partial charge in [0.15, 0.2) is 5.76 Å².